The highest BCUT2D eigenvalue weighted by atomic mass is 35.5. The Hall–Kier alpha value is -1.29. The van der Waals surface area contributed by atoms with Crippen LogP contribution in [0.2, 0.25) is 5.15 Å². The topological polar surface area (TPSA) is 36.4 Å². The molecule has 1 aromatic heterocycles. The highest BCUT2D eigenvalue weighted by molar-refractivity contribution is 6.29. The summed E-state index contributed by atoms with van der Waals surface area (Å²) in [6, 6.07) is 3.83. The van der Waals surface area contributed by atoms with Crippen LogP contribution in [0.1, 0.15) is 46.5 Å². The summed E-state index contributed by atoms with van der Waals surface area (Å²) in [6.45, 7) is 6.62. The van der Waals surface area contributed by atoms with Crippen molar-refractivity contribution in [2.24, 2.45) is 5.41 Å². The lowest BCUT2D eigenvalue weighted by Crippen LogP contribution is -2.56. The number of anilines is 2. The maximum absolute atomic E-state index is 12.6. The Morgan fingerprint density at radius 1 is 1.27 bits per heavy atom. The van der Waals surface area contributed by atoms with Crippen LogP contribution in [-0.2, 0) is 4.79 Å². The SMILES string of the molecule is C[C@@H]1C(=O)N(C)c2ccc(Cl)nc2N1C1CCC(C)(C)CC1. The van der Waals surface area contributed by atoms with E-state index < -0.39 is 0 Å². The van der Waals surface area contributed by atoms with Crippen LogP contribution in [0, 0.1) is 5.41 Å². The number of pyridine rings is 1. The second-order valence-electron chi connectivity index (χ2n) is 7.35. The van der Waals surface area contributed by atoms with E-state index in [1.54, 1.807) is 11.0 Å². The standard InChI is InChI=1S/C17H24ClN3O/c1-11-16(22)20(4)13-5-6-14(18)19-15(13)21(11)12-7-9-17(2,3)10-8-12/h5-6,11-12H,7-10H2,1-4H3/t11-/m1/s1. The van der Waals surface area contributed by atoms with Gasteiger partial charge in [0.2, 0.25) is 5.91 Å². The molecule has 120 valence electrons. The number of fused-ring (bicyclic) bond motifs is 1. The Morgan fingerprint density at radius 2 is 1.91 bits per heavy atom. The fraction of sp³-hybridized carbons (Fsp3) is 0.647. The molecule has 1 aromatic rings. The van der Waals surface area contributed by atoms with Gasteiger partial charge in [-0.3, -0.25) is 4.79 Å². The first kappa shape index (κ1) is 15.6. The summed E-state index contributed by atoms with van der Waals surface area (Å²) in [5.41, 5.74) is 1.26. The smallest absolute Gasteiger partial charge is 0.249 e. The second kappa shape index (κ2) is 5.41. The van der Waals surface area contributed by atoms with Gasteiger partial charge in [-0.1, -0.05) is 25.4 Å². The summed E-state index contributed by atoms with van der Waals surface area (Å²) in [4.78, 5) is 21.0. The zero-order valence-electron chi connectivity index (χ0n) is 13.8. The first-order valence-corrected chi connectivity index (χ1v) is 8.40. The van der Waals surface area contributed by atoms with Gasteiger partial charge in [0.05, 0.1) is 5.69 Å². The predicted octanol–water partition coefficient (Wildman–Crippen LogP) is 3.88. The number of hydrogen-bond donors (Lipinski definition) is 0. The molecular weight excluding hydrogens is 298 g/mol. The van der Waals surface area contributed by atoms with E-state index in [0.29, 0.717) is 16.6 Å². The quantitative estimate of drug-likeness (QED) is 0.737. The number of hydrogen-bond acceptors (Lipinski definition) is 3. The van der Waals surface area contributed by atoms with Gasteiger partial charge in [-0.15, -0.1) is 0 Å². The van der Waals surface area contributed by atoms with E-state index in [0.717, 1.165) is 24.3 Å². The van der Waals surface area contributed by atoms with E-state index >= 15 is 0 Å². The molecule has 5 heteroatoms. The number of nitrogens with zero attached hydrogens (tertiary/aromatic N) is 3. The summed E-state index contributed by atoms with van der Waals surface area (Å²) < 4.78 is 0. The van der Waals surface area contributed by atoms with Gasteiger partial charge in [0.25, 0.3) is 0 Å². The molecule has 0 bridgehead atoms. The molecule has 0 saturated heterocycles. The Kier molecular flexibility index (Phi) is 3.84. The van der Waals surface area contributed by atoms with E-state index in [9.17, 15) is 4.79 Å². The molecule has 0 aromatic carbocycles. The van der Waals surface area contributed by atoms with Gasteiger partial charge in [-0.25, -0.2) is 4.98 Å². The van der Waals surface area contributed by atoms with Crippen molar-refractivity contribution < 1.29 is 4.79 Å². The lowest BCUT2D eigenvalue weighted by Gasteiger charge is -2.47. The van der Waals surface area contributed by atoms with Crippen molar-refractivity contribution in [1.82, 2.24) is 4.98 Å². The summed E-state index contributed by atoms with van der Waals surface area (Å²) >= 11 is 6.12. The predicted molar refractivity (Wildman–Crippen MR) is 90.6 cm³/mol. The van der Waals surface area contributed by atoms with E-state index in [-0.39, 0.29) is 11.9 Å². The van der Waals surface area contributed by atoms with Crippen molar-refractivity contribution in [3.8, 4) is 0 Å². The second-order valence-corrected chi connectivity index (χ2v) is 7.74. The molecule has 0 N–H and O–H groups in total. The summed E-state index contributed by atoms with van der Waals surface area (Å²) in [5, 5.41) is 0.481. The number of carbonyl (C=O) groups excluding carboxylic acids is 1. The minimum Gasteiger partial charge on any atom is -0.340 e. The molecule has 1 aliphatic carbocycles. The maximum Gasteiger partial charge on any atom is 0.249 e. The number of amides is 1. The molecule has 0 radical (unpaired) electrons. The fourth-order valence-corrected chi connectivity index (χ4v) is 3.87. The molecule has 1 atom stereocenters. The molecule has 1 amide bonds. The van der Waals surface area contributed by atoms with Crippen LogP contribution in [0.5, 0.6) is 0 Å². The minimum absolute atomic E-state index is 0.126. The van der Waals surface area contributed by atoms with Crippen molar-refractivity contribution in [2.45, 2.75) is 58.5 Å². The normalized spacial score (nSPS) is 25.3. The third-order valence-corrected chi connectivity index (χ3v) is 5.44. The molecule has 1 saturated carbocycles. The van der Waals surface area contributed by atoms with Crippen LogP contribution in [0.15, 0.2) is 12.1 Å². The van der Waals surface area contributed by atoms with Crippen LogP contribution in [0.4, 0.5) is 11.5 Å². The van der Waals surface area contributed by atoms with Crippen molar-refractivity contribution in [3.05, 3.63) is 17.3 Å². The molecule has 3 rings (SSSR count). The molecule has 4 nitrogen and oxygen atoms in total. The van der Waals surface area contributed by atoms with E-state index in [2.05, 4.69) is 23.7 Å². The molecule has 0 unspecified atom stereocenters. The molecule has 1 aliphatic heterocycles. The maximum atomic E-state index is 12.6. The number of rotatable bonds is 1. The highest BCUT2D eigenvalue weighted by Gasteiger charge is 2.40. The summed E-state index contributed by atoms with van der Waals surface area (Å²) in [6.07, 6.45) is 4.56. The number of aromatic nitrogens is 1. The van der Waals surface area contributed by atoms with Crippen molar-refractivity contribution in [3.63, 3.8) is 0 Å². The van der Waals surface area contributed by atoms with Gasteiger partial charge >= 0.3 is 0 Å². The molecular formula is C17H24ClN3O. The Labute approximate surface area is 137 Å². The lowest BCUT2D eigenvalue weighted by molar-refractivity contribution is -0.119. The molecule has 2 heterocycles. The first-order valence-electron chi connectivity index (χ1n) is 8.03. The summed E-state index contributed by atoms with van der Waals surface area (Å²) in [5.74, 6) is 0.980. The Balaban J connectivity index is 1.98. The third-order valence-electron chi connectivity index (χ3n) is 5.23. The Bertz CT molecular complexity index is 592. The minimum atomic E-state index is -0.185. The zero-order valence-corrected chi connectivity index (χ0v) is 14.5. The van der Waals surface area contributed by atoms with E-state index in [1.807, 2.05) is 20.0 Å². The van der Waals surface area contributed by atoms with E-state index in [1.165, 1.54) is 12.8 Å². The molecule has 0 spiro atoms. The zero-order chi connectivity index (χ0) is 16.1. The fourth-order valence-electron chi connectivity index (χ4n) is 3.72. The van der Waals surface area contributed by atoms with Crippen LogP contribution in [0.25, 0.3) is 0 Å². The molecule has 22 heavy (non-hydrogen) atoms. The van der Waals surface area contributed by atoms with Gasteiger partial charge in [0.1, 0.15) is 11.2 Å². The largest absolute Gasteiger partial charge is 0.340 e. The van der Waals surface area contributed by atoms with Crippen molar-refractivity contribution >= 4 is 29.0 Å². The summed E-state index contributed by atoms with van der Waals surface area (Å²) in [7, 11) is 1.81. The van der Waals surface area contributed by atoms with Crippen LogP contribution >= 0.6 is 11.6 Å². The molecule has 1 fully saturated rings. The van der Waals surface area contributed by atoms with Gasteiger partial charge < -0.3 is 9.80 Å². The van der Waals surface area contributed by atoms with Crippen molar-refractivity contribution in [2.75, 3.05) is 16.8 Å². The highest BCUT2D eigenvalue weighted by Crippen LogP contribution is 2.42. The monoisotopic (exact) mass is 321 g/mol. The van der Waals surface area contributed by atoms with E-state index in [4.69, 9.17) is 11.6 Å². The van der Waals surface area contributed by atoms with Crippen LogP contribution < -0.4 is 9.80 Å². The Morgan fingerprint density at radius 3 is 2.55 bits per heavy atom. The lowest BCUT2D eigenvalue weighted by atomic mass is 9.75. The van der Waals surface area contributed by atoms with Gasteiger partial charge in [0.15, 0.2) is 5.82 Å². The van der Waals surface area contributed by atoms with Crippen molar-refractivity contribution in [1.29, 1.82) is 0 Å². The first-order chi connectivity index (χ1) is 10.3. The number of carbonyl (C=O) groups is 1. The molecule has 2 aliphatic rings. The van der Waals surface area contributed by atoms with Crippen LogP contribution in [0.3, 0.4) is 0 Å². The number of likely N-dealkylation sites (N-methyl/N-ethyl adjacent to an activating group) is 1. The van der Waals surface area contributed by atoms with Gasteiger partial charge in [-0.2, -0.15) is 0 Å². The average molecular weight is 322 g/mol. The van der Waals surface area contributed by atoms with Gasteiger partial charge in [0, 0.05) is 13.1 Å². The van der Waals surface area contributed by atoms with Gasteiger partial charge in [-0.05, 0) is 50.2 Å². The third kappa shape index (κ3) is 2.58. The average Bonchev–Trinajstić information content (AvgIpc) is 2.46. The van der Waals surface area contributed by atoms with Crippen LogP contribution in [-0.4, -0.2) is 30.0 Å². The number of halogens is 1.